The highest BCUT2D eigenvalue weighted by atomic mass is 35.5. The summed E-state index contributed by atoms with van der Waals surface area (Å²) in [5, 5.41) is 1.67. The number of benzene rings is 2. The van der Waals surface area contributed by atoms with Gasteiger partial charge < -0.3 is 9.72 Å². The third-order valence-electron chi connectivity index (χ3n) is 4.65. The van der Waals surface area contributed by atoms with E-state index in [1.54, 1.807) is 11.3 Å². The monoisotopic (exact) mass is 423 g/mol. The first-order chi connectivity index (χ1) is 14.1. The third kappa shape index (κ3) is 4.69. The van der Waals surface area contributed by atoms with E-state index in [9.17, 15) is 0 Å². The van der Waals surface area contributed by atoms with Gasteiger partial charge in [0.1, 0.15) is 16.6 Å². The Hall–Kier alpha value is -2.63. The standard InChI is InChI=1S/C23H22ClN3OS/c1-15-6-3-4-7-20(15)28-13-5-8-21-22(17-9-11-18(24)12-10-17)27-23(29-21)19-14-25-16(2)26-19/h3-4,6-7,9-12,14H,5,8,13H2,1-2H3,(H,25,26). The maximum atomic E-state index is 6.07. The quantitative estimate of drug-likeness (QED) is 0.346. The number of thiazole rings is 1. The maximum Gasteiger partial charge on any atom is 0.142 e. The summed E-state index contributed by atoms with van der Waals surface area (Å²) in [5.74, 6) is 1.83. The minimum absolute atomic E-state index is 0.668. The molecular formula is C23H22ClN3OS. The van der Waals surface area contributed by atoms with Gasteiger partial charge in [-0.1, -0.05) is 41.9 Å². The van der Waals surface area contributed by atoms with Crippen LogP contribution in [0.15, 0.2) is 54.7 Å². The molecule has 0 aliphatic heterocycles. The second-order valence-electron chi connectivity index (χ2n) is 6.90. The van der Waals surface area contributed by atoms with Crippen molar-refractivity contribution in [1.29, 1.82) is 0 Å². The number of ether oxygens (including phenoxy) is 1. The number of para-hydroxylation sites is 1. The summed E-state index contributed by atoms with van der Waals surface area (Å²) in [5.41, 5.74) is 4.18. The number of imidazole rings is 1. The number of hydrogen-bond donors (Lipinski definition) is 1. The molecule has 2 heterocycles. The second kappa shape index (κ2) is 8.80. The summed E-state index contributed by atoms with van der Waals surface area (Å²) in [6, 6.07) is 16.0. The number of H-pyrrole nitrogens is 1. The van der Waals surface area contributed by atoms with E-state index in [2.05, 4.69) is 23.0 Å². The van der Waals surface area contributed by atoms with Crippen LogP contribution in [-0.4, -0.2) is 21.6 Å². The normalized spacial score (nSPS) is 11.0. The van der Waals surface area contributed by atoms with Crippen LogP contribution in [0.2, 0.25) is 5.02 Å². The fourth-order valence-corrected chi connectivity index (χ4v) is 4.35. The van der Waals surface area contributed by atoms with Gasteiger partial charge in [0.2, 0.25) is 0 Å². The maximum absolute atomic E-state index is 6.07. The molecule has 0 amide bonds. The molecule has 4 nitrogen and oxygen atoms in total. The number of aromatic amines is 1. The average Bonchev–Trinajstić information content (AvgIpc) is 3.33. The number of nitrogens with zero attached hydrogens (tertiary/aromatic N) is 2. The van der Waals surface area contributed by atoms with Gasteiger partial charge in [-0.15, -0.1) is 11.3 Å². The molecule has 2 aromatic heterocycles. The Morgan fingerprint density at radius 2 is 1.86 bits per heavy atom. The molecule has 1 N–H and O–H groups in total. The number of halogens is 1. The summed E-state index contributed by atoms with van der Waals surface area (Å²) in [4.78, 5) is 13.7. The van der Waals surface area contributed by atoms with E-state index < -0.39 is 0 Å². The molecule has 6 heteroatoms. The van der Waals surface area contributed by atoms with E-state index in [1.165, 1.54) is 4.88 Å². The van der Waals surface area contributed by atoms with Crippen molar-refractivity contribution in [2.24, 2.45) is 0 Å². The fourth-order valence-electron chi connectivity index (χ4n) is 3.13. The van der Waals surface area contributed by atoms with Crippen LogP contribution in [-0.2, 0) is 6.42 Å². The van der Waals surface area contributed by atoms with Crippen molar-refractivity contribution in [2.75, 3.05) is 6.61 Å². The van der Waals surface area contributed by atoms with E-state index in [0.29, 0.717) is 6.61 Å². The number of rotatable bonds is 7. The topological polar surface area (TPSA) is 50.8 Å². The van der Waals surface area contributed by atoms with Crippen molar-refractivity contribution in [1.82, 2.24) is 15.0 Å². The van der Waals surface area contributed by atoms with Gasteiger partial charge in [-0.3, -0.25) is 0 Å². The predicted octanol–water partition coefficient (Wildman–Crippen LogP) is 6.48. The van der Waals surface area contributed by atoms with Crippen molar-refractivity contribution in [3.05, 3.63) is 76.0 Å². The van der Waals surface area contributed by atoms with Crippen LogP contribution in [0.1, 0.15) is 22.7 Å². The SMILES string of the molecule is Cc1ncc(-c2nc(-c3ccc(Cl)cc3)c(CCCOc3ccccc3C)s2)[nH]1. The van der Waals surface area contributed by atoms with Gasteiger partial charge in [-0.05, 0) is 50.5 Å². The lowest BCUT2D eigenvalue weighted by Crippen LogP contribution is -2.00. The van der Waals surface area contributed by atoms with Crippen LogP contribution in [0.25, 0.3) is 22.0 Å². The van der Waals surface area contributed by atoms with Gasteiger partial charge in [0.05, 0.1) is 24.2 Å². The Morgan fingerprint density at radius 1 is 1.07 bits per heavy atom. The summed E-state index contributed by atoms with van der Waals surface area (Å²) >= 11 is 7.77. The molecule has 0 bridgehead atoms. The Morgan fingerprint density at radius 3 is 2.59 bits per heavy atom. The highest BCUT2D eigenvalue weighted by Crippen LogP contribution is 2.34. The molecule has 29 heavy (non-hydrogen) atoms. The van der Waals surface area contributed by atoms with E-state index in [-0.39, 0.29) is 0 Å². The Labute approximate surface area is 179 Å². The number of aryl methyl sites for hydroxylation is 3. The van der Waals surface area contributed by atoms with E-state index in [1.807, 2.05) is 55.6 Å². The molecule has 0 saturated heterocycles. The predicted molar refractivity (Wildman–Crippen MR) is 120 cm³/mol. The molecule has 0 aliphatic carbocycles. The largest absolute Gasteiger partial charge is 0.493 e. The molecule has 4 aromatic rings. The zero-order valence-electron chi connectivity index (χ0n) is 16.4. The Balaban J connectivity index is 1.53. The highest BCUT2D eigenvalue weighted by molar-refractivity contribution is 7.15. The summed E-state index contributed by atoms with van der Waals surface area (Å²) < 4.78 is 5.97. The van der Waals surface area contributed by atoms with Crippen molar-refractivity contribution in [3.63, 3.8) is 0 Å². The fraction of sp³-hybridized carbons (Fsp3) is 0.217. The molecule has 0 aliphatic rings. The van der Waals surface area contributed by atoms with Crippen molar-refractivity contribution >= 4 is 22.9 Å². The van der Waals surface area contributed by atoms with Crippen LogP contribution in [0, 0.1) is 13.8 Å². The molecule has 4 rings (SSSR count). The molecule has 0 atom stereocenters. The van der Waals surface area contributed by atoms with Gasteiger partial charge in [0, 0.05) is 15.5 Å². The highest BCUT2D eigenvalue weighted by Gasteiger charge is 2.15. The smallest absolute Gasteiger partial charge is 0.142 e. The first-order valence-corrected chi connectivity index (χ1v) is 10.8. The molecule has 0 saturated carbocycles. The molecule has 148 valence electrons. The van der Waals surface area contributed by atoms with Gasteiger partial charge >= 0.3 is 0 Å². The van der Waals surface area contributed by atoms with Crippen LogP contribution >= 0.6 is 22.9 Å². The number of nitrogens with one attached hydrogen (secondary N) is 1. The van der Waals surface area contributed by atoms with E-state index in [0.717, 1.165) is 57.0 Å². The van der Waals surface area contributed by atoms with Gasteiger partial charge in [-0.25, -0.2) is 9.97 Å². The molecule has 0 radical (unpaired) electrons. The van der Waals surface area contributed by atoms with Crippen molar-refractivity contribution in [2.45, 2.75) is 26.7 Å². The van der Waals surface area contributed by atoms with Gasteiger partial charge in [0.15, 0.2) is 0 Å². The zero-order chi connectivity index (χ0) is 20.2. The summed E-state index contributed by atoms with van der Waals surface area (Å²) in [7, 11) is 0. The van der Waals surface area contributed by atoms with Crippen LogP contribution < -0.4 is 4.74 Å². The number of hydrogen-bond acceptors (Lipinski definition) is 4. The lowest BCUT2D eigenvalue weighted by Gasteiger charge is -2.08. The average molecular weight is 424 g/mol. The first kappa shape index (κ1) is 19.7. The minimum atomic E-state index is 0.668. The molecule has 0 fully saturated rings. The Kier molecular flexibility index (Phi) is 5.97. The van der Waals surface area contributed by atoms with Crippen LogP contribution in [0.4, 0.5) is 0 Å². The minimum Gasteiger partial charge on any atom is -0.493 e. The molecule has 2 aromatic carbocycles. The van der Waals surface area contributed by atoms with Gasteiger partial charge in [-0.2, -0.15) is 0 Å². The van der Waals surface area contributed by atoms with Gasteiger partial charge in [0.25, 0.3) is 0 Å². The summed E-state index contributed by atoms with van der Waals surface area (Å²) in [6.07, 6.45) is 3.65. The number of aromatic nitrogens is 3. The van der Waals surface area contributed by atoms with Crippen LogP contribution in [0.5, 0.6) is 5.75 Å². The lowest BCUT2D eigenvalue weighted by atomic mass is 10.1. The zero-order valence-corrected chi connectivity index (χ0v) is 18.0. The van der Waals surface area contributed by atoms with E-state index >= 15 is 0 Å². The molecular weight excluding hydrogens is 402 g/mol. The van der Waals surface area contributed by atoms with Crippen molar-refractivity contribution in [3.8, 4) is 27.7 Å². The molecule has 0 unspecified atom stereocenters. The lowest BCUT2D eigenvalue weighted by molar-refractivity contribution is 0.309. The Bertz CT molecular complexity index is 1100. The van der Waals surface area contributed by atoms with Crippen molar-refractivity contribution < 1.29 is 4.74 Å². The van der Waals surface area contributed by atoms with E-state index in [4.69, 9.17) is 21.3 Å². The second-order valence-corrected chi connectivity index (χ2v) is 8.42. The summed E-state index contributed by atoms with van der Waals surface area (Å²) in [6.45, 7) is 4.68. The molecule has 0 spiro atoms. The first-order valence-electron chi connectivity index (χ1n) is 9.56. The van der Waals surface area contributed by atoms with Crippen LogP contribution in [0.3, 0.4) is 0 Å². The third-order valence-corrected chi connectivity index (χ3v) is 6.05.